The number of piperidine rings is 1. The summed E-state index contributed by atoms with van der Waals surface area (Å²) >= 11 is 0. The van der Waals surface area contributed by atoms with Crippen molar-refractivity contribution in [1.82, 2.24) is 20.1 Å². The van der Waals surface area contributed by atoms with Crippen molar-refractivity contribution in [1.29, 1.82) is 0 Å². The van der Waals surface area contributed by atoms with Gasteiger partial charge in [0.15, 0.2) is 5.54 Å². The Morgan fingerprint density at radius 2 is 1.89 bits per heavy atom. The van der Waals surface area contributed by atoms with Crippen molar-refractivity contribution in [3.63, 3.8) is 0 Å². The van der Waals surface area contributed by atoms with Crippen LogP contribution in [-0.2, 0) is 16.9 Å². The summed E-state index contributed by atoms with van der Waals surface area (Å²) in [6, 6.07) is 10.5. The molecule has 1 unspecified atom stereocenters. The maximum absolute atomic E-state index is 13.9. The van der Waals surface area contributed by atoms with E-state index < -0.39 is 11.6 Å². The lowest BCUT2D eigenvalue weighted by Crippen LogP contribution is -2.54. The van der Waals surface area contributed by atoms with Crippen molar-refractivity contribution in [2.24, 2.45) is 5.92 Å². The molecule has 5 rings (SSSR count). The Bertz CT molecular complexity index is 1300. The fourth-order valence-corrected chi connectivity index (χ4v) is 5.34. The minimum atomic E-state index is -1.29. The molecule has 2 aromatic heterocycles. The van der Waals surface area contributed by atoms with E-state index in [2.05, 4.69) is 10.3 Å². The normalized spacial score (nSPS) is 20.6. The topological polar surface area (TPSA) is 95.8 Å². The second-order valence-corrected chi connectivity index (χ2v) is 9.39. The lowest BCUT2D eigenvalue weighted by atomic mass is 9.73. The number of furan rings is 1. The minimum absolute atomic E-state index is 0.0312. The quantitative estimate of drug-likeness (QED) is 0.547. The molecule has 0 spiro atoms. The van der Waals surface area contributed by atoms with Crippen molar-refractivity contribution < 1.29 is 23.2 Å². The first-order chi connectivity index (χ1) is 17.3. The molecule has 3 aromatic rings. The van der Waals surface area contributed by atoms with Gasteiger partial charge in [0.1, 0.15) is 17.3 Å². The summed E-state index contributed by atoms with van der Waals surface area (Å²) in [7, 11) is 0. The third kappa shape index (κ3) is 4.04. The van der Waals surface area contributed by atoms with Gasteiger partial charge in [-0.25, -0.2) is 9.18 Å². The van der Waals surface area contributed by atoms with Crippen LogP contribution in [0.3, 0.4) is 0 Å². The van der Waals surface area contributed by atoms with Gasteiger partial charge < -0.3 is 14.6 Å². The number of amides is 4. The van der Waals surface area contributed by atoms with Crippen molar-refractivity contribution in [2.45, 2.75) is 38.8 Å². The van der Waals surface area contributed by atoms with Gasteiger partial charge in [-0.3, -0.25) is 19.5 Å². The molecule has 0 saturated carbocycles. The number of carbonyl (C=O) groups is 3. The van der Waals surface area contributed by atoms with Crippen LogP contribution < -0.4 is 5.32 Å². The monoisotopic (exact) mass is 490 g/mol. The molecule has 186 valence electrons. The molecule has 2 aliphatic rings. The molecule has 1 atom stereocenters. The highest BCUT2D eigenvalue weighted by molar-refractivity contribution is 6.07. The lowest BCUT2D eigenvalue weighted by molar-refractivity contribution is -0.134. The van der Waals surface area contributed by atoms with Crippen LogP contribution in [0.4, 0.5) is 9.18 Å². The zero-order valence-corrected chi connectivity index (χ0v) is 20.2. The summed E-state index contributed by atoms with van der Waals surface area (Å²) in [6.07, 6.45) is 4.26. The maximum Gasteiger partial charge on any atom is 0.325 e. The van der Waals surface area contributed by atoms with Crippen LogP contribution in [0.25, 0.3) is 0 Å². The second-order valence-electron chi connectivity index (χ2n) is 9.39. The van der Waals surface area contributed by atoms with E-state index in [1.165, 1.54) is 17.0 Å². The average molecular weight is 491 g/mol. The van der Waals surface area contributed by atoms with Gasteiger partial charge in [-0.2, -0.15) is 0 Å². The van der Waals surface area contributed by atoms with Crippen LogP contribution in [0.1, 0.15) is 45.8 Å². The van der Waals surface area contributed by atoms with Crippen LogP contribution in [-0.4, -0.2) is 45.7 Å². The van der Waals surface area contributed by atoms with E-state index in [0.717, 1.165) is 0 Å². The van der Waals surface area contributed by atoms with Crippen LogP contribution in [0, 0.1) is 25.6 Å². The molecule has 4 amide bonds. The summed E-state index contributed by atoms with van der Waals surface area (Å²) < 4.78 is 18.9. The van der Waals surface area contributed by atoms with E-state index in [9.17, 15) is 18.8 Å². The Balaban J connectivity index is 1.40. The third-order valence-corrected chi connectivity index (χ3v) is 7.17. The number of aromatic nitrogens is 1. The Hall–Kier alpha value is -4.01. The first kappa shape index (κ1) is 23.7. The third-order valence-electron chi connectivity index (χ3n) is 7.17. The van der Waals surface area contributed by atoms with Crippen molar-refractivity contribution >= 4 is 17.8 Å². The van der Waals surface area contributed by atoms with Crippen LogP contribution in [0.5, 0.6) is 0 Å². The van der Waals surface area contributed by atoms with Gasteiger partial charge >= 0.3 is 6.03 Å². The number of hydrogen-bond acceptors (Lipinski definition) is 5. The Morgan fingerprint density at radius 1 is 1.17 bits per heavy atom. The molecular weight excluding hydrogens is 463 g/mol. The molecule has 9 heteroatoms. The molecule has 2 fully saturated rings. The maximum atomic E-state index is 13.9. The Labute approximate surface area is 208 Å². The minimum Gasteiger partial charge on any atom is -0.466 e. The molecule has 0 radical (unpaired) electrons. The Morgan fingerprint density at radius 3 is 2.50 bits per heavy atom. The first-order valence-corrected chi connectivity index (χ1v) is 11.9. The summed E-state index contributed by atoms with van der Waals surface area (Å²) in [4.78, 5) is 47.3. The predicted molar refractivity (Wildman–Crippen MR) is 128 cm³/mol. The number of likely N-dealkylation sites (tertiary alicyclic amines) is 1. The van der Waals surface area contributed by atoms with E-state index in [-0.39, 0.29) is 30.1 Å². The molecule has 2 aliphatic heterocycles. The number of carbonyl (C=O) groups excluding carboxylic acids is 3. The van der Waals surface area contributed by atoms with Gasteiger partial charge in [0.05, 0.1) is 12.1 Å². The molecule has 2 saturated heterocycles. The molecule has 4 heterocycles. The number of rotatable bonds is 5. The number of imide groups is 1. The van der Waals surface area contributed by atoms with Gasteiger partial charge in [0.25, 0.3) is 11.8 Å². The summed E-state index contributed by atoms with van der Waals surface area (Å²) in [6.45, 7) is 4.49. The first-order valence-electron chi connectivity index (χ1n) is 11.9. The smallest absolute Gasteiger partial charge is 0.325 e. The summed E-state index contributed by atoms with van der Waals surface area (Å²) in [5, 5.41) is 2.98. The number of aryl methyl sites for hydroxylation is 2. The number of halogens is 1. The second kappa shape index (κ2) is 9.22. The molecule has 0 aliphatic carbocycles. The van der Waals surface area contributed by atoms with Crippen molar-refractivity contribution in [3.8, 4) is 0 Å². The molecule has 1 aromatic carbocycles. The highest BCUT2D eigenvalue weighted by Crippen LogP contribution is 2.42. The van der Waals surface area contributed by atoms with Crippen LogP contribution in [0.15, 0.2) is 59.3 Å². The largest absolute Gasteiger partial charge is 0.466 e. The number of nitrogens with zero attached hydrogens (tertiary/aromatic N) is 3. The van der Waals surface area contributed by atoms with E-state index in [4.69, 9.17) is 4.42 Å². The van der Waals surface area contributed by atoms with Gasteiger partial charge in [-0.15, -0.1) is 0 Å². The number of urea groups is 1. The fourth-order valence-electron chi connectivity index (χ4n) is 5.34. The summed E-state index contributed by atoms with van der Waals surface area (Å²) in [5.41, 5.74) is 0.510. The van der Waals surface area contributed by atoms with E-state index in [1.54, 1.807) is 61.5 Å². The van der Waals surface area contributed by atoms with E-state index in [0.29, 0.717) is 54.1 Å². The fraction of sp³-hybridized carbons (Fsp3) is 0.333. The summed E-state index contributed by atoms with van der Waals surface area (Å²) in [5.74, 6) is 0.173. The van der Waals surface area contributed by atoms with Crippen LogP contribution in [0.2, 0.25) is 0 Å². The molecular formula is C27H27FN4O4. The molecule has 1 N–H and O–H groups in total. The Kier molecular flexibility index (Phi) is 6.07. The number of pyridine rings is 1. The number of nitrogens with one attached hydrogen (secondary N) is 1. The lowest BCUT2D eigenvalue weighted by Gasteiger charge is -2.41. The van der Waals surface area contributed by atoms with Gasteiger partial charge in [-0.1, -0.05) is 18.2 Å². The van der Waals surface area contributed by atoms with Crippen molar-refractivity contribution in [3.05, 3.63) is 88.9 Å². The molecule has 8 nitrogen and oxygen atoms in total. The van der Waals surface area contributed by atoms with Crippen LogP contribution >= 0.6 is 0 Å². The number of benzene rings is 1. The van der Waals surface area contributed by atoms with Crippen molar-refractivity contribution in [2.75, 3.05) is 13.1 Å². The average Bonchev–Trinajstić information content (AvgIpc) is 3.36. The van der Waals surface area contributed by atoms with E-state index >= 15 is 0 Å². The standard InChI is InChI=1S/C27H27FN4O4/c1-17-14-23(18(2)36-17)24(33)31-12-9-20(10-13-31)27(21-4-3-11-29-15-21)25(34)32(26(35)30-27)16-19-5-7-22(28)8-6-19/h3-8,11,14-15,20H,9-10,12-13,16H2,1-2H3,(H,30,35). The zero-order valence-electron chi connectivity index (χ0n) is 20.2. The highest BCUT2D eigenvalue weighted by atomic mass is 19.1. The van der Waals surface area contributed by atoms with Gasteiger partial charge in [-0.05, 0) is 62.4 Å². The zero-order chi connectivity index (χ0) is 25.4. The molecule has 36 heavy (non-hydrogen) atoms. The highest BCUT2D eigenvalue weighted by Gasteiger charge is 2.57. The number of hydrogen-bond donors (Lipinski definition) is 1. The van der Waals surface area contributed by atoms with Gasteiger partial charge in [0.2, 0.25) is 0 Å². The predicted octanol–water partition coefficient (Wildman–Crippen LogP) is 3.93. The SMILES string of the molecule is Cc1cc(C(=O)N2CCC(C3(c4cccnc4)NC(=O)N(Cc4ccc(F)cc4)C3=O)CC2)c(C)o1. The van der Waals surface area contributed by atoms with Gasteiger partial charge in [0, 0.05) is 31.0 Å². The van der Waals surface area contributed by atoms with E-state index in [1.807, 2.05) is 0 Å². The molecule has 0 bridgehead atoms.